The third-order valence-electron chi connectivity index (χ3n) is 0. The van der Waals surface area contributed by atoms with Gasteiger partial charge in [0.15, 0.2) is 0 Å². The van der Waals surface area contributed by atoms with Crippen molar-refractivity contribution in [3.8, 4) is 0 Å². The van der Waals surface area contributed by atoms with E-state index in [1.807, 2.05) is 0 Å². The van der Waals surface area contributed by atoms with Gasteiger partial charge in [-0.05, 0) is 0 Å². The molecule has 0 fully saturated rings. The Balaban J connectivity index is -0.0000000300. The van der Waals surface area contributed by atoms with Gasteiger partial charge in [0.25, 0.3) is 0 Å². The summed E-state index contributed by atoms with van der Waals surface area (Å²) in [6.07, 6.45) is 0. The third kappa shape index (κ3) is 95.9. The van der Waals surface area contributed by atoms with E-state index in [9.17, 15) is 0 Å². The van der Waals surface area contributed by atoms with E-state index < -0.39 is 41.3 Å². The SMILES string of the molecule is [Ca+2].[O]=[Ti]([O-])[O-].[O]=[Zr]([O-])[O-].[Sr+2]. The molecule has 48 valence electrons. The molecule has 0 rings (SSSR count). The van der Waals surface area contributed by atoms with Gasteiger partial charge in [-0.1, -0.05) is 0 Å². The van der Waals surface area contributed by atoms with Gasteiger partial charge >= 0.3 is 144 Å². The monoisotopic (exact) mass is 362 g/mol. The van der Waals surface area contributed by atoms with E-state index in [1.54, 1.807) is 0 Å². The van der Waals surface area contributed by atoms with Crippen LogP contribution in [-0.2, 0) is 47.4 Å². The second-order valence-corrected chi connectivity index (χ2v) is 2.51. The summed E-state index contributed by atoms with van der Waals surface area (Å²) >= 11 is -8.38. The van der Waals surface area contributed by atoms with Crippen molar-refractivity contribution < 1.29 is 61.1 Å². The topological polar surface area (TPSA) is 126 Å². The van der Waals surface area contributed by atoms with E-state index in [1.165, 1.54) is 0 Å². The molecule has 0 saturated heterocycles. The Bertz CT molecular complexity index is 75.7. The number of hydrogen-bond donors (Lipinski definition) is 0. The summed E-state index contributed by atoms with van der Waals surface area (Å²) in [5.74, 6) is 0. The summed E-state index contributed by atoms with van der Waals surface area (Å²) in [5, 5.41) is 0. The van der Waals surface area contributed by atoms with Gasteiger partial charge in [0, 0.05) is 0 Å². The van der Waals surface area contributed by atoms with Crippen LogP contribution in [0.3, 0.4) is 0 Å². The molecule has 0 aromatic carbocycles. The maximum Gasteiger partial charge on any atom is 2.00 e. The average molecular weight is 363 g/mol. The zero-order valence-electron chi connectivity index (χ0n) is 4.86. The number of hydrogen-bond acceptors (Lipinski definition) is 6. The molecule has 0 atom stereocenters. The molecular weight excluding hydrogens is 363 g/mol. The minimum atomic E-state index is -4.29. The summed E-state index contributed by atoms with van der Waals surface area (Å²) < 4.78 is 51.6. The Labute approximate surface area is 140 Å². The van der Waals surface area contributed by atoms with Crippen LogP contribution < -0.4 is 13.7 Å². The minimum Gasteiger partial charge on any atom is 2.00 e. The van der Waals surface area contributed by atoms with Crippen molar-refractivity contribution in [2.75, 3.05) is 0 Å². The molecule has 0 bridgehead atoms. The van der Waals surface area contributed by atoms with E-state index in [0.717, 1.165) is 0 Å². The molecule has 0 amide bonds. The first kappa shape index (κ1) is 23.5. The molecule has 6 nitrogen and oxygen atoms in total. The van der Waals surface area contributed by atoms with E-state index >= 15 is 0 Å². The summed E-state index contributed by atoms with van der Waals surface area (Å²) in [5.41, 5.74) is 0. The molecule has 0 N–H and O–H groups in total. The van der Waals surface area contributed by atoms with Gasteiger partial charge in [-0.2, -0.15) is 0 Å². The van der Waals surface area contributed by atoms with Crippen LogP contribution in [0.5, 0.6) is 0 Å². The van der Waals surface area contributed by atoms with E-state index in [-0.39, 0.29) is 83.2 Å². The van der Waals surface area contributed by atoms with Gasteiger partial charge in [0.05, 0.1) is 0 Å². The fourth-order valence-electron chi connectivity index (χ4n) is 0. The van der Waals surface area contributed by atoms with Crippen LogP contribution in [0.15, 0.2) is 0 Å². The Hall–Kier alpha value is 3.78. The smallest absolute Gasteiger partial charge is 2.00 e. The van der Waals surface area contributed by atoms with Gasteiger partial charge in [0.2, 0.25) is 0 Å². The fraction of sp³-hybridized carbons (Fsp3) is 0. The summed E-state index contributed by atoms with van der Waals surface area (Å²) in [4.78, 5) is 0. The fourth-order valence-corrected chi connectivity index (χ4v) is 0. The molecule has 10 heavy (non-hydrogen) atoms. The summed E-state index contributed by atoms with van der Waals surface area (Å²) in [6, 6.07) is 0. The number of rotatable bonds is 0. The van der Waals surface area contributed by atoms with Crippen LogP contribution in [-0.4, -0.2) is 83.2 Å². The molecule has 10 heteroatoms. The van der Waals surface area contributed by atoms with Crippen molar-refractivity contribution in [1.29, 1.82) is 0 Å². The third-order valence-corrected chi connectivity index (χ3v) is 0. The maximum absolute atomic E-state index is 8.61. The van der Waals surface area contributed by atoms with Crippen molar-refractivity contribution in [2.24, 2.45) is 0 Å². The van der Waals surface area contributed by atoms with Crippen LogP contribution in [0, 0.1) is 0 Å². The van der Waals surface area contributed by atoms with Crippen LogP contribution >= 0.6 is 0 Å². The van der Waals surface area contributed by atoms with Gasteiger partial charge in [-0.15, -0.1) is 0 Å². The molecule has 0 radical (unpaired) electrons. The summed E-state index contributed by atoms with van der Waals surface area (Å²) in [6.45, 7) is 0. The molecule has 0 aliphatic rings. The van der Waals surface area contributed by atoms with E-state index in [2.05, 4.69) is 0 Å². The Morgan fingerprint density at radius 3 is 1.20 bits per heavy atom. The first-order valence-electron chi connectivity index (χ1n) is 1.22. The van der Waals surface area contributed by atoms with Crippen LogP contribution in [0.4, 0.5) is 0 Å². The van der Waals surface area contributed by atoms with Gasteiger partial charge in [-0.3, -0.25) is 0 Å². The Morgan fingerprint density at radius 1 is 1.20 bits per heavy atom. The largest absolute Gasteiger partial charge is 2.00 e. The molecule has 0 aliphatic carbocycles. The molecule has 0 aliphatic heterocycles. The van der Waals surface area contributed by atoms with Gasteiger partial charge in [-0.25, -0.2) is 0 Å². The van der Waals surface area contributed by atoms with E-state index in [4.69, 9.17) is 19.9 Å². The van der Waals surface area contributed by atoms with Crippen LogP contribution in [0.1, 0.15) is 0 Å². The van der Waals surface area contributed by atoms with Crippen LogP contribution in [0.2, 0.25) is 0 Å². The molecule has 0 aromatic heterocycles. The quantitative estimate of drug-likeness (QED) is 0.395. The Kier molecular flexibility index (Phi) is 43.6. The molecule has 0 heterocycles. The first-order valence-corrected chi connectivity index (χ1v) is 6.15. The second kappa shape index (κ2) is 18.5. The predicted octanol–water partition coefficient (Wildman–Crippen LogP) is -5.76. The molecule has 0 aromatic rings. The van der Waals surface area contributed by atoms with Crippen molar-refractivity contribution in [3.63, 3.8) is 0 Å². The maximum atomic E-state index is 8.61. The predicted molar refractivity (Wildman–Crippen MR) is 12.9 cm³/mol. The molecular formula is CaO6SrTiZr. The second-order valence-electron chi connectivity index (χ2n) is 0.500. The molecule has 0 spiro atoms. The first-order chi connectivity index (χ1) is 3.46. The standard InChI is InChI=1S/Ca.6O.Sr.Ti.Zr/q+2;;;4*-1;+2;;. The van der Waals surface area contributed by atoms with Crippen molar-refractivity contribution in [3.05, 3.63) is 0 Å². The van der Waals surface area contributed by atoms with Gasteiger partial charge < -0.3 is 0 Å². The normalized spacial score (nSPS) is 5.20. The van der Waals surface area contributed by atoms with Crippen molar-refractivity contribution >= 4 is 83.2 Å². The summed E-state index contributed by atoms with van der Waals surface area (Å²) in [7, 11) is 0. The van der Waals surface area contributed by atoms with Crippen molar-refractivity contribution in [1.82, 2.24) is 0 Å². The molecule has 0 saturated carbocycles. The zero-order chi connectivity index (χ0) is 7.15. The Morgan fingerprint density at radius 2 is 1.20 bits per heavy atom. The molecule has 0 unspecified atom stereocenters. The van der Waals surface area contributed by atoms with Gasteiger partial charge in [0.1, 0.15) is 0 Å². The minimum absolute atomic E-state index is 0. The van der Waals surface area contributed by atoms with Crippen LogP contribution in [0.25, 0.3) is 0 Å². The van der Waals surface area contributed by atoms with E-state index in [0.29, 0.717) is 0 Å². The van der Waals surface area contributed by atoms with Crippen molar-refractivity contribution in [2.45, 2.75) is 0 Å². The zero-order valence-corrected chi connectivity index (χ0v) is 14.6. The average Bonchev–Trinajstić information content (AvgIpc) is 1.25.